The van der Waals surface area contributed by atoms with E-state index in [2.05, 4.69) is 4.90 Å². The number of rotatable bonds is 6. The van der Waals surface area contributed by atoms with Crippen LogP contribution in [0.5, 0.6) is 0 Å². The Morgan fingerprint density at radius 1 is 1.44 bits per heavy atom. The van der Waals surface area contributed by atoms with E-state index in [1.807, 2.05) is 0 Å². The van der Waals surface area contributed by atoms with E-state index in [9.17, 15) is 4.79 Å². The highest BCUT2D eigenvalue weighted by Crippen LogP contribution is 2.29. The molecule has 2 fully saturated rings. The molecule has 1 saturated heterocycles. The van der Waals surface area contributed by atoms with Gasteiger partial charge in [0.05, 0.1) is 25.9 Å². The van der Waals surface area contributed by atoms with Crippen molar-refractivity contribution in [2.24, 2.45) is 0 Å². The minimum atomic E-state index is -0.279. The summed E-state index contributed by atoms with van der Waals surface area (Å²) < 4.78 is 15.9. The Bertz CT molecular complexity index is 272. The molecular formula is C13H23NO4. The van der Waals surface area contributed by atoms with Crippen LogP contribution in [0.4, 0.5) is 0 Å². The third-order valence-corrected chi connectivity index (χ3v) is 3.65. The van der Waals surface area contributed by atoms with Crippen molar-refractivity contribution in [2.45, 2.75) is 38.3 Å². The van der Waals surface area contributed by atoms with Crippen LogP contribution >= 0.6 is 0 Å². The van der Waals surface area contributed by atoms with Crippen molar-refractivity contribution in [1.82, 2.24) is 4.90 Å². The average molecular weight is 257 g/mol. The number of carbonyl (C=O) groups is 1. The zero-order valence-corrected chi connectivity index (χ0v) is 11.1. The maximum Gasteiger partial charge on any atom is 0.332 e. The van der Waals surface area contributed by atoms with Crippen LogP contribution in [-0.4, -0.2) is 62.5 Å². The lowest BCUT2D eigenvalue weighted by atomic mass is 10.1. The zero-order chi connectivity index (χ0) is 12.8. The highest BCUT2D eigenvalue weighted by molar-refractivity contribution is 5.70. The quantitative estimate of drug-likeness (QED) is 0.521. The van der Waals surface area contributed by atoms with Crippen LogP contribution in [0, 0.1) is 0 Å². The van der Waals surface area contributed by atoms with Gasteiger partial charge >= 0.3 is 5.97 Å². The van der Waals surface area contributed by atoms with Gasteiger partial charge in [-0.3, -0.25) is 4.90 Å². The average Bonchev–Trinajstić information content (AvgIpc) is 2.84. The lowest BCUT2D eigenvalue weighted by Crippen LogP contribution is -2.49. The van der Waals surface area contributed by atoms with Crippen molar-refractivity contribution in [3.63, 3.8) is 0 Å². The predicted octanol–water partition coefficient (Wildman–Crippen LogP) is 0.819. The van der Waals surface area contributed by atoms with E-state index in [0.29, 0.717) is 25.4 Å². The molecule has 2 atom stereocenters. The number of ether oxygens (including phenoxy) is 3. The molecule has 5 nitrogen and oxygen atoms in total. The van der Waals surface area contributed by atoms with Crippen LogP contribution < -0.4 is 0 Å². The van der Waals surface area contributed by atoms with Gasteiger partial charge < -0.3 is 14.2 Å². The third-order valence-electron chi connectivity index (χ3n) is 3.65. The van der Waals surface area contributed by atoms with Crippen molar-refractivity contribution >= 4 is 5.97 Å². The van der Waals surface area contributed by atoms with Crippen molar-refractivity contribution in [3.05, 3.63) is 0 Å². The third kappa shape index (κ3) is 3.67. The highest BCUT2D eigenvalue weighted by atomic mass is 16.6. The van der Waals surface area contributed by atoms with Gasteiger partial charge in [0.2, 0.25) is 0 Å². The monoisotopic (exact) mass is 257 g/mol. The Morgan fingerprint density at radius 2 is 2.33 bits per heavy atom. The fourth-order valence-electron chi connectivity index (χ4n) is 2.82. The maximum atomic E-state index is 11.1. The topological polar surface area (TPSA) is 48.0 Å². The maximum absolute atomic E-state index is 11.1. The second-order valence-corrected chi connectivity index (χ2v) is 4.80. The van der Waals surface area contributed by atoms with Gasteiger partial charge in [-0.1, -0.05) is 0 Å². The summed E-state index contributed by atoms with van der Waals surface area (Å²) in [4.78, 5) is 13.5. The summed E-state index contributed by atoms with van der Waals surface area (Å²) in [5, 5.41) is 0. The molecule has 0 spiro atoms. The number of fused-ring (bicyclic) bond motifs is 1. The first kappa shape index (κ1) is 13.8. The van der Waals surface area contributed by atoms with E-state index in [1.165, 1.54) is 19.3 Å². The SMILES string of the molecule is CCOC(=O)COCCN1CCOC2CCCC21. The van der Waals surface area contributed by atoms with Gasteiger partial charge in [0.15, 0.2) is 0 Å². The van der Waals surface area contributed by atoms with E-state index >= 15 is 0 Å². The molecule has 2 rings (SSSR count). The summed E-state index contributed by atoms with van der Waals surface area (Å²) in [6.45, 7) is 5.53. The molecule has 0 N–H and O–H groups in total. The molecule has 0 aromatic carbocycles. The molecule has 0 radical (unpaired) electrons. The van der Waals surface area contributed by atoms with Crippen LogP contribution in [0.15, 0.2) is 0 Å². The predicted molar refractivity (Wildman–Crippen MR) is 66.4 cm³/mol. The molecule has 0 bridgehead atoms. The standard InChI is InChI=1S/C13H23NO4/c1-2-17-13(15)10-16-8-6-14-7-9-18-12-5-3-4-11(12)14/h11-12H,2-10H2,1H3. The van der Waals surface area contributed by atoms with E-state index in [0.717, 1.165) is 19.7 Å². The summed E-state index contributed by atoms with van der Waals surface area (Å²) in [5.41, 5.74) is 0. The number of carbonyl (C=O) groups excluding carboxylic acids is 1. The largest absolute Gasteiger partial charge is 0.464 e. The van der Waals surface area contributed by atoms with Crippen LogP contribution in [0.25, 0.3) is 0 Å². The minimum absolute atomic E-state index is 0.0618. The first-order valence-corrected chi connectivity index (χ1v) is 6.90. The first-order chi connectivity index (χ1) is 8.81. The van der Waals surface area contributed by atoms with Gasteiger partial charge in [-0.25, -0.2) is 4.79 Å². The zero-order valence-electron chi connectivity index (χ0n) is 11.1. The van der Waals surface area contributed by atoms with Gasteiger partial charge in [0.25, 0.3) is 0 Å². The molecule has 1 aliphatic carbocycles. The lowest BCUT2D eigenvalue weighted by Gasteiger charge is -2.37. The van der Waals surface area contributed by atoms with Gasteiger partial charge in [-0.2, -0.15) is 0 Å². The van der Waals surface area contributed by atoms with Gasteiger partial charge in [0, 0.05) is 19.1 Å². The molecule has 0 amide bonds. The van der Waals surface area contributed by atoms with Crippen LogP contribution in [0.2, 0.25) is 0 Å². The van der Waals surface area contributed by atoms with E-state index < -0.39 is 0 Å². The number of morpholine rings is 1. The Kier molecular flexibility index (Phi) is 5.41. The van der Waals surface area contributed by atoms with E-state index in [1.54, 1.807) is 6.92 Å². The van der Waals surface area contributed by atoms with Crippen molar-refractivity contribution in [1.29, 1.82) is 0 Å². The Hall–Kier alpha value is -0.650. The van der Waals surface area contributed by atoms with E-state index in [-0.39, 0.29) is 12.6 Å². The summed E-state index contributed by atoms with van der Waals surface area (Å²) in [5.74, 6) is -0.279. The molecule has 5 heteroatoms. The van der Waals surface area contributed by atoms with Crippen molar-refractivity contribution < 1.29 is 19.0 Å². The molecule has 1 heterocycles. The van der Waals surface area contributed by atoms with Crippen LogP contribution in [0.1, 0.15) is 26.2 Å². The summed E-state index contributed by atoms with van der Waals surface area (Å²) in [6, 6.07) is 0.560. The first-order valence-electron chi connectivity index (χ1n) is 6.90. The molecule has 0 aromatic heterocycles. The summed E-state index contributed by atoms with van der Waals surface area (Å²) in [6.07, 6.45) is 4.09. The molecule has 1 saturated carbocycles. The molecule has 2 unspecified atom stereocenters. The fraction of sp³-hybridized carbons (Fsp3) is 0.923. The Morgan fingerprint density at radius 3 is 3.17 bits per heavy atom. The summed E-state index contributed by atoms with van der Waals surface area (Å²) >= 11 is 0. The number of hydrogen-bond acceptors (Lipinski definition) is 5. The van der Waals surface area contributed by atoms with Crippen LogP contribution in [-0.2, 0) is 19.0 Å². The molecule has 1 aliphatic heterocycles. The Balaban J connectivity index is 1.62. The van der Waals surface area contributed by atoms with E-state index in [4.69, 9.17) is 14.2 Å². The molecule has 0 aromatic rings. The second kappa shape index (κ2) is 7.07. The highest BCUT2D eigenvalue weighted by Gasteiger charge is 2.35. The smallest absolute Gasteiger partial charge is 0.332 e. The number of nitrogens with zero attached hydrogens (tertiary/aromatic N) is 1. The fourth-order valence-corrected chi connectivity index (χ4v) is 2.82. The van der Waals surface area contributed by atoms with Crippen molar-refractivity contribution in [3.8, 4) is 0 Å². The number of esters is 1. The molecule has 18 heavy (non-hydrogen) atoms. The minimum Gasteiger partial charge on any atom is -0.464 e. The Labute approximate surface area is 108 Å². The lowest BCUT2D eigenvalue weighted by molar-refractivity contribution is -0.148. The van der Waals surface area contributed by atoms with Gasteiger partial charge in [-0.05, 0) is 26.2 Å². The summed E-state index contributed by atoms with van der Waals surface area (Å²) in [7, 11) is 0. The van der Waals surface area contributed by atoms with Crippen LogP contribution in [0.3, 0.4) is 0 Å². The van der Waals surface area contributed by atoms with Gasteiger partial charge in [0.1, 0.15) is 6.61 Å². The number of hydrogen-bond donors (Lipinski definition) is 0. The van der Waals surface area contributed by atoms with Gasteiger partial charge in [-0.15, -0.1) is 0 Å². The second-order valence-electron chi connectivity index (χ2n) is 4.80. The molecular weight excluding hydrogens is 234 g/mol. The molecule has 2 aliphatic rings. The molecule has 104 valence electrons. The van der Waals surface area contributed by atoms with Crippen molar-refractivity contribution in [2.75, 3.05) is 39.5 Å². The normalized spacial score (nSPS) is 28.1.